The Morgan fingerprint density at radius 2 is 1.90 bits per heavy atom. The maximum Gasteiger partial charge on any atom is 0.231 e. The maximum atomic E-state index is 5.34. The molecule has 0 saturated heterocycles. The summed E-state index contributed by atoms with van der Waals surface area (Å²) < 4.78 is 5.34. The summed E-state index contributed by atoms with van der Waals surface area (Å²) in [5, 5.41) is 0. The number of aromatic nitrogens is 2. The zero-order chi connectivity index (χ0) is 14.5. The van der Waals surface area contributed by atoms with Gasteiger partial charge in [-0.15, -0.1) is 0 Å². The molecule has 0 fully saturated rings. The molecule has 1 aromatic carbocycles. The summed E-state index contributed by atoms with van der Waals surface area (Å²) >= 11 is 0. The van der Waals surface area contributed by atoms with Crippen LogP contribution in [0, 0.1) is 0 Å². The highest BCUT2D eigenvalue weighted by molar-refractivity contribution is 6.08. The van der Waals surface area contributed by atoms with Crippen LogP contribution in [-0.2, 0) is 0 Å². The van der Waals surface area contributed by atoms with Crippen LogP contribution in [0.4, 0.5) is 5.95 Å². The molecule has 0 amide bonds. The maximum absolute atomic E-state index is 5.34. The predicted octanol–water partition coefficient (Wildman–Crippen LogP) is 2.42. The minimum absolute atomic E-state index is 0.679. The quantitative estimate of drug-likeness (QED) is 0.863. The summed E-state index contributed by atoms with van der Waals surface area (Å²) in [6.45, 7) is 1.56. The number of para-hydroxylation sites is 1. The Morgan fingerprint density at radius 1 is 1.10 bits per heavy atom. The van der Waals surface area contributed by atoms with Gasteiger partial charge in [-0.25, -0.2) is 9.97 Å². The second-order valence-corrected chi connectivity index (χ2v) is 4.52. The van der Waals surface area contributed by atoms with Crippen molar-refractivity contribution in [2.45, 2.75) is 0 Å². The van der Waals surface area contributed by atoms with Crippen LogP contribution < -0.4 is 9.64 Å². The second kappa shape index (κ2) is 6.17. The molecule has 1 aliphatic heterocycles. The third-order valence-electron chi connectivity index (χ3n) is 3.22. The Morgan fingerprint density at radius 3 is 2.71 bits per heavy atom. The normalized spacial score (nSPS) is 14.5. The van der Waals surface area contributed by atoms with Crippen LogP contribution in [0.25, 0.3) is 6.08 Å². The minimum Gasteiger partial charge on any atom is -0.496 e. The largest absolute Gasteiger partial charge is 0.496 e. The lowest BCUT2D eigenvalue weighted by Gasteiger charge is -2.15. The number of amidine groups is 1. The van der Waals surface area contributed by atoms with Gasteiger partial charge in [0.1, 0.15) is 11.6 Å². The Balaban J connectivity index is 1.82. The van der Waals surface area contributed by atoms with Gasteiger partial charge < -0.3 is 4.74 Å². The lowest BCUT2D eigenvalue weighted by atomic mass is 10.2. The van der Waals surface area contributed by atoms with Crippen LogP contribution in [0.2, 0.25) is 0 Å². The smallest absolute Gasteiger partial charge is 0.231 e. The van der Waals surface area contributed by atoms with Gasteiger partial charge in [-0.3, -0.25) is 9.89 Å². The van der Waals surface area contributed by atoms with Crippen molar-refractivity contribution in [3.8, 4) is 5.75 Å². The highest BCUT2D eigenvalue weighted by Crippen LogP contribution is 2.20. The molecular formula is C16H16N4O. The molecule has 0 saturated carbocycles. The fourth-order valence-corrected chi connectivity index (χ4v) is 2.21. The van der Waals surface area contributed by atoms with Crippen LogP contribution >= 0.6 is 0 Å². The highest BCUT2D eigenvalue weighted by Gasteiger charge is 2.18. The molecule has 2 aromatic rings. The summed E-state index contributed by atoms with van der Waals surface area (Å²) in [6.07, 6.45) is 7.45. The van der Waals surface area contributed by atoms with E-state index in [4.69, 9.17) is 4.74 Å². The number of methoxy groups -OCH3 is 1. The van der Waals surface area contributed by atoms with E-state index in [9.17, 15) is 0 Å². The standard InChI is InChI=1S/C16H16N4O/c1-21-14-6-3-2-5-13(14)7-8-15-17-11-12-20(15)16-18-9-4-10-19-16/h2-10H,11-12H2,1H3/b8-7+. The molecule has 0 radical (unpaired) electrons. The van der Waals surface area contributed by atoms with Gasteiger partial charge >= 0.3 is 0 Å². The van der Waals surface area contributed by atoms with Crippen molar-refractivity contribution in [2.75, 3.05) is 25.1 Å². The first-order valence-electron chi connectivity index (χ1n) is 6.78. The number of aliphatic imine (C=N–C) groups is 1. The molecule has 1 aliphatic rings. The summed E-state index contributed by atoms with van der Waals surface area (Å²) in [6, 6.07) is 9.69. The molecule has 5 heteroatoms. The van der Waals surface area contributed by atoms with Gasteiger partial charge in [0.05, 0.1) is 13.7 Å². The van der Waals surface area contributed by atoms with Gasteiger partial charge in [-0.1, -0.05) is 18.2 Å². The zero-order valence-electron chi connectivity index (χ0n) is 11.8. The molecule has 21 heavy (non-hydrogen) atoms. The Kier molecular flexibility index (Phi) is 3.91. The van der Waals surface area contributed by atoms with Gasteiger partial charge in [0.25, 0.3) is 0 Å². The van der Waals surface area contributed by atoms with E-state index >= 15 is 0 Å². The van der Waals surface area contributed by atoms with Gasteiger partial charge in [-0.05, 0) is 24.3 Å². The first-order chi connectivity index (χ1) is 10.4. The zero-order valence-corrected chi connectivity index (χ0v) is 11.8. The molecule has 0 aliphatic carbocycles. The number of hydrogen-bond acceptors (Lipinski definition) is 5. The van der Waals surface area contributed by atoms with Crippen molar-refractivity contribution in [1.29, 1.82) is 0 Å². The van der Waals surface area contributed by atoms with Crippen molar-refractivity contribution in [1.82, 2.24) is 9.97 Å². The molecule has 1 aromatic heterocycles. The molecule has 2 heterocycles. The SMILES string of the molecule is COc1ccccc1/C=C/C1=NCCN1c1ncccn1. The molecule has 0 bridgehead atoms. The molecular weight excluding hydrogens is 264 g/mol. The fraction of sp³-hybridized carbons (Fsp3) is 0.188. The number of ether oxygens (including phenoxy) is 1. The monoisotopic (exact) mass is 280 g/mol. The Hall–Kier alpha value is -2.69. The Labute approximate surface area is 123 Å². The summed E-state index contributed by atoms with van der Waals surface area (Å²) in [7, 11) is 1.67. The van der Waals surface area contributed by atoms with Crippen molar-refractivity contribution in [3.05, 3.63) is 54.4 Å². The molecule has 5 nitrogen and oxygen atoms in total. The Bertz CT molecular complexity index is 667. The van der Waals surface area contributed by atoms with E-state index in [0.29, 0.717) is 5.95 Å². The van der Waals surface area contributed by atoms with Crippen LogP contribution in [0.3, 0.4) is 0 Å². The second-order valence-electron chi connectivity index (χ2n) is 4.52. The van der Waals surface area contributed by atoms with E-state index in [0.717, 1.165) is 30.2 Å². The predicted molar refractivity (Wildman–Crippen MR) is 83.7 cm³/mol. The molecule has 3 rings (SSSR count). The van der Waals surface area contributed by atoms with Crippen molar-refractivity contribution in [2.24, 2.45) is 4.99 Å². The lowest BCUT2D eigenvalue weighted by molar-refractivity contribution is 0.414. The topological polar surface area (TPSA) is 50.6 Å². The minimum atomic E-state index is 0.679. The highest BCUT2D eigenvalue weighted by atomic mass is 16.5. The van der Waals surface area contributed by atoms with Crippen molar-refractivity contribution >= 4 is 17.9 Å². The molecule has 0 N–H and O–H groups in total. The third-order valence-corrected chi connectivity index (χ3v) is 3.22. The van der Waals surface area contributed by atoms with E-state index in [-0.39, 0.29) is 0 Å². The van der Waals surface area contributed by atoms with Gasteiger partial charge in [0.15, 0.2) is 0 Å². The van der Waals surface area contributed by atoms with Crippen LogP contribution in [0.1, 0.15) is 5.56 Å². The van der Waals surface area contributed by atoms with Crippen molar-refractivity contribution < 1.29 is 4.74 Å². The fourth-order valence-electron chi connectivity index (χ4n) is 2.21. The van der Waals surface area contributed by atoms with Crippen LogP contribution in [0.5, 0.6) is 5.75 Å². The van der Waals surface area contributed by atoms with Crippen molar-refractivity contribution in [3.63, 3.8) is 0 Å². The average Bonchev–Trinajstić information content (AvgIpc) is 3.02. The molecule has 0 atom stereocenters. The van der Waals surface area contributed by atoms with E-state index in [1.54, 1.807) is 25.6 Å². The van der Waals surface area contributed by atoms with Gasteiger partial charge in [0.2, 0.25) is 5.95 Å². The first-order valence-corrected chi connectivity index (χ1v) is 6.78. The van der Waals surface area contributed by atoms with Crippen LogP contribution in [-0.4, -0.2) is 36.0 Å². The lowest BCUT2D eigenvalue weighted by Crippen LogP contribution is -2.27. The summed E-state index contributed by atoms with van der Waals surface area (Å²) in [5.41, 5.74) is 1.02. The van der Waals surface area contributed by atoms with E-state index in [1.165, 1.54) is 0 Å². The van der Waals surface area contributed by atoms with E-state index < -0.39 is 0 Å². The number of hydrogen-bond donors (Lipinski definition) is 0. The molecule has 106 valence electrons. The van der Waals surface area contributed by atoms with E-state index in [1.807, 2.05) is 41.3 Å². The van der Waals surface area contributed by atoms with Gasteiger partial charge in [-0.2, -0.15) is 0 Å². The average molecular weight is 280 g/mol. The first kappa shape index (κ1) is 13.3. The summed E-state index contributed by atoms with van der Waals surface area (Å²) in [5.74, 6) is 2.39. The number of nitrogens with zero attached hydrogens (tertiary/aromatic N) is 4. The van der Waals surface area contributed by atoms with E-state index in [2.05, 4.69) is 15.0 Å². The molecule has 0 spiro atoms. The van der Waals surface area contributed by atoms with Gasteiger partial charge in [0, 0.05) is 24.5 Å². The number of benzene rings is 1. The number of anilines is 1. The number of rotatable bonds is 4. The third kappa shape index (κ3) is 2.91. The molecule has 0 unspecified atom stereocenters. The van der Waals surface area contributed by atoms with Crippen LogP contribution in [0.15, 0.2) is 53.8 Å². The summed E-state index contributed by atoms with van der Waals surface area (Å²) in [4.78, 5) is 15.1.